The lowest BCUT2D eigenvalue weighted by Gasteiger charge is -2.41. The van der Waals surface area contributed by atoms with Crippen molar-refractivity contribution in [1.29, 1.82) is 0 Å². The molecule has 46 heavy (non-hydrogen) atoms. The molecule has 7 nitrogen and oxygen atoms in total. The molecule has 3 aromatic rings. The van der Waals surface area contributed by atoms with Gasteiger partial charge in [0.15, 0.2) is 6.10 Å². The number of pyridine rings is 1. The fourth-order valence-corrected chi connectivity index (χ4v) is 6.73. The van der Waals surface area contributed by atoms with Crippen molar-refractivity contribution in [3.63, 3.8) is 0 Å². The van der Waals surface area contributed by atoms with Gasteiger partial charge in [-0.1, -0.05) is 32.0 Å². The molecule has 9 heteroatoms. The van der Waals surface area contributed by atoms with Crippen molar-refractivity contribution in [2.45, 2.75) is 92.5 Å². The lowest BCUT2D eigenvalue weighted by Crippen LogP contribution is -2.39. The van der Waals surface area contributed by atoms with E-state index >= 15 is 0 Å². The smallest absolute Gasteiger partial charge is 0.337 e. The normalized spacial score (nSPS) is 17.5. The Morgan fingerprint density at radius 2 is 1.67 bits per heavy atom. The highest BCUT2D eigenvalue weighted by molar-refractivity contribution is 5.88. The Labute approximate surface area is 271 Å². The topological polar surface area (TPSA) is 75.1 Å². The highest BCUT2D eigenvalue weighted by Gasteiger charge is 2.36. The number of carbonyl (C=O) groups is 1. The first-order chi connectivity index (χ1) is 21.6. The summed E-state index contributed by atoms with van der Waals surface area (Å²) in [6.45, 7) is 17.0. The van der Waals surface area contributed by atoms with Crippen LogP contribution in [-0.2, 0) is 29.0 Å². The summed E-state index contributed by atoms with van der Waals surface area (Å²) in [4.78, 5) is 22.1. The van der Waals surface area contributed by atoms with E-state index < -0.39 is 29.3 Å². The van der Waals surface area contributed by atoms with Crippen LogP contribution >= 0.6 is 0 Å². The summed E-state index contributed by atoms with van der Waals surface area (Å²) >= 11 is 0. The van der Waals surface area contributed by atoms with Crippen LogP contribution in [0.3, 0.4) is 0 Å². The van der Waals surface area contributed by atoms with Crippen molar-refractivity contribution in [3.8, 4) is 16.9 Å². The van der Waals surface area contributed by atoms with Crippen molar-refractivity contribution in [1.82, 2.24) is 9.88 Å². The molecule has 2 aliphatic rings. The van der Waals surface area contributed by atoms with Crippen LogP contribution in [0.5, 0.6) is 5.75 Å². The molecule has 0 saturated carbocycles. The number of carboxylic acids is 1. The highest BCUT2D eigenvalue weighted by atomic mass is 19.1. The fraction of sp³-hybridized carbons (Fsp3) is 0.514. The van der Waals surface area contributed by atoms with Gasteiger partial charge >= 0.3 is 5.97 Å². The second-order valence-corrected chi connectivity index (χ2v) is 14.5. The third kappa shape index (κ3) is 7.20. The monoisotopic (exact) mass is 635 g/mol. The summed E-state index contributed by atoms with van der Waals surface area (Å²) in [6, 6.07) is 8.77. The number of ether oxygens (including phenoxy) is 2. The molecule has 1 saturated heterocycles. The predicted octanol–water partition coefficient (Wildman–Crippen LogP) is 7.78. The summed E-state index contributed by atoms with van der Waals surface area (Å²) in [7, 11) is 1.39. The van der Waals surface area contributed by atoms with Crippen LogP contribution in [-0.4, -0.2) is 53.3 Å². The van der Waals surface area contributed by atoms with Gasteiger partial charge in [-0.2, -0.15) is 0 Å². The number of benzene rings is 2. The molecule has 0 amide bonds. The first-order valence-electron chi connectivity index (χ1n) is 16.1. The van der Waals surface area contributed by atoms with E-state index in [1.54, 1.807) is 0 Å². The number of anilines is 1. The third-order valence-corrected chi connectivity index (χ3v) is 9.29. The van der Waals surface area contributed by atoms with E-state index in [0.29, 0.717) is 30.8 Å². The predicted molar refractivity (Wildman–Crippen MR) is 176 cm³/mol. The van der Waals surface area contributed by atoms with Crippen molar-refractivity contribution in [2.24, 2.45) is 5.41 Å². The van der Waals surface area contributed by atoms with Crippen LogP contribution in [0.1, 0.15) is 87.2 Å². The van der Waals surface area contributed by atoms with Crippen LogP contribution in [0.2, 0.25) is 0 Å². The summed E-state index contributed by atoms with van der Waals surface area (Å²) in [6.07, 6.45) is 1.51. The van der Waals surface area contributed by atoms with Gasteiger partial charge in [-0.05, 0) is 76.0 Å². The molecule has 1 atom stereocenters. The Morgan fingerprint density at radius 1 is 1.02 bits per heavy atom. The molecule has 3 heterocycles. The highest BCUT2D eigenvalue weighted by Crippen LogP contribution is 2.45. The first-order valence-corrected chi connectivity index (χ1v) is 16.1. The molecular weight excluding hydrogens is 588 g/mol. The van der Waals surface area contributed by atoms with Crippen LogP contribution < -0.4 is 9.64 Å². The molecule has 248 valence electrons. The quantitative estimate of drug-likeness (QED) is 0.271. The van der Waals surface area contributed by atoms with Gasteiger partial charge in [-0.3, -0.25) is 9.88 Å². The van der Waals surface area contributed by atoms with Gasteiger partial charge in [-0.15, -0.1) is 0 Å². The number of piperidine rings is 1. The molecule has 0 bridgehead atoms. The minimum absolute atomic E-state index is 0.0366. The molecule has 0 aliphatic carbocycles. The zero-order valence-electron chi connectivity index (χ0n) is 28.4. The summed E-state index contributed by atoms with van der Waals surface area (Å²) < 4.78 is 40.7. The van der Waals surface area contributed by atoms with Gasteiger partial charge in [0, 0.05) is 72.9 Å². The first kappa shape index (κ1) is 33.8. The van der Waals surface area contributed by atoms with Gasteiger partial charge in [-0.25, -0.2) is 13.6 Å². The summed E-state index contributed by atoms with van der Waals surface area (Å²) in [5.74, 6) is -2.10. The maximum atomic E-state index is 14.7. The van der Waals surface area contributed by atoms with E-state index in [0.717, 1.165) is 59.6 Å². The van der Waals surface area contributed by atoms with Gasteiger partial charge in [0.05, 0.1) is 18.4 Å². The zero-order valence-corrected chi connectivity index (χ0v) is 28.4. The molecule has 0 radical (unpaired) electrons. The maximum Gasteiger partial charge on any atom is 0.337 e. The average molecular weight is 636 g/mol. The Kier molecular flexibility index (Phi) is 9.49. The molecule has 1 unspecified atom stereocenters. The molecule has 1 fully saturated rings. The van der Waals surface area contributed by atoms with Crippen LogP contribution in [0.4, 0.5) is 14.5 Å². The van der Waals surface area contributed by atoms with E-state index in [1.165, 1.54) is 19.2 Å². The summed E-state index contributed by atoms with van der Waals surface area (Å²) in [5.41, 5.74) is 6.72. The zero-order chi connectivity index (χ0) is 33.6. The van der Waals surface area contributed by atoms with Crippen LogP contribution in [0.15, 0.2) is 30.3 Å². The van der Waals surface area contributed by atoms with Crippen LogP contribution in [0, 0.1) is 30.9 Å². The minimum atomic E-state index is -1.18. The Bertz CT molecular complexity index is 1600. The number of aromatic nitrogens is 1. The molecule has 0 spiro atoms. The van der Waals surface area contributed by atoms with Gasteiger partial charge in [0.2, 0.25) is 0 Å². The second-order valence-electron chi connectivity index (χ2n) is 14.5. The third-order valence-electron chi connectivity index (χ3n) is 9.29. The maximum absolute atomic E-state index is 14.7. The van der Waals surface area contributed by atoms with Crippen LogP contribution in [0.25, 0.3) is 11.1 Å². The number of methoxy groups -OCH3 is 1. The SMILES string of the molecule is COc1cc(F)c(CN2CCc3cc(-c4c(C)nc(C)c(C(OC(C)(C)C)C(=O)O)c4N4CCC(C)(C)CC4)ccc3C2)c(F)c1. The van der Waals surface area contributed by atoms with Gasteiger partial charge in [0.25, 0.3) is 0 Å². The number of hydrogen-bond acceptors (Lipinski definition) is 6. The lowest BCUT2D eigenvalue weighted by molar-refractivity contribution is -0.160. The van der Waals surface area contributed by atoms with Gasteiger partial charge in [0.1, 0.15) is 17.4 Å². The second kappa shape index (κ2) is 12.9. The average Bonchev–Trinajstić information content (AvgIpc) is 2.97. The molecule has 2 aliphatic heterocycles. The molecular formula is C37H47F2N3O4. The molecule has 5 rings (SSSR count). The minimum Gasteiger partial charge on any atom is -0.497 e. The Hall–Kier alpha value is -3.56. The number of fused-ring (bicyclic) bond motifs is 1. The number of hydrogen-bond donors (Lipinski definition) is 1. The van der Waals surface area contributed by atoms with E-state index in [1.807, 2.05) is 34.6 Å². The molecule has 1 N–H and O–H groups in total. The van der Waals surface area contributed by atoms with E-state index in [9.17, 15) is 18.7 Å². The number of halogens is 2. The Morgan fingerprint density at radius 3 is 2.26 bits per heavy atom. The number of carboxylic acid groups (broad SMARTS) is 1. The van der Waals surface area contributed by atoms with E-state index in [-0.39, 0.29) is 23.3 Å². The molecule has 2 aromatic carbocycles. The number of nitrogens with zero attached hydrogens (tertiary/aromatic N) is 3. The number of aliphatic carboxylic acids is 1. The largest absolute Gasteiger partial charge is 0.497 e. The van der Waals surface area contributed by atoms with Crippen molar-refractivity contribution in [2.75, 3.05) is 31.6 Å². The standard InChI is InChI=1S/C37H47F2N3O4/c1-22-31(25-9-10-26-20-41(14-11-24(26)17-25)21-28-29(38)18-27(45-8)19-30(28)39)33(42-15-12-37(6,7)13-16-42)32(23(2)40-22)34(35(43)44)46-36(3,4)5/h9-10,17-19,34H,11-16,20-21H2,1-8H3,(H,43,44). The fourth-order valence-electron chi connectivity index (χ4n) is 6.73. The number of aryl methyl sites for hydroxylation is 2. The van der Waals surface area contributed by atoms with Gasteiger partial charge < -0.3 is 19.5 Å². The number of rotatable bonds is 8. The summed E-state index contributed by atoms with van der Waals surface area (Å²) in [5, 5.41) is 10.5. The van der Waals surface area contributed by atoms with Crippen molar-refractivity contribution < 1.29 is 28.2 Å². The van der Waals surface area contributed by atoms with E-state index in [2.05, 4.69) is 41.8 Å². The van der Waals surface area contributed by atoms with Crippen molar-refractivity contribution >= 4 is 11.7 Å². The van der Waals surface area contributed by atoms with Crippen molar-refractivity contribution in [3.05, 3.63) is 75.6 Å². The Balaban J connectivity index is 1.55. The lowest BCUT2D eigenvalue weighted by atomic mass is 9.81. The van der Waals surface area contributed by atoms with E-state index in [4.69, 9.17) is 14.5 Å². The molecule has 1 aromatic heterocycles.